The van der Waals surface area contributed by atoms with Gasteiger partial charge in [0.15, 0.2) is 5.78 Å². The first kappa shape index (κ1) is 23.7. The normalized spacial score (nSPS) is 31.5. The van der Waals surface area contributed by atoms with Crippen molar-refractivity contribution in [2.75, 3.05) is 5.32 Å². The number of aliphatic hydroxyl groups excluding tert-OH is 1. The van der Waals surface area contributed by atoms with E-state index in [-0.39, 0.29) is 28.1 Å². The van der Waals surface area contributed by atoms with E-state index in [4.69, 9.17) is 0 Å². The van der Waals surface area contributed by atoms with E-state index in [9.17, 15) is 50.1 Å². The molecular formula is C28H21NO10. The van der Waals surface area contributed by atoms with Crippen LogP contribution in [-0.4, -0.2) is 64.8 Å². The second-order valence-electron chi connectivity index (χ2n) is 10.6. The molecule has 7 rings (SSSR count). The molecule has 1 aliphatic heterocycles. The number of ketones is 3. The third kappa shape index (κ3) is 2.34. The van der Waals surface area contributed by atoms with Crippen LogP contribution in [0.3, 0.4) is 0 Å². The lowest BCUT2D eigenvalue weighted by atomic mass is 9.47. The van der Waals surface area contributed by atoms with Crippen molar-refractivity contribution >= 4 is 23.0 Å². The highest BCUT2D eigenvalue weighted by Gasteiger charge is 2.75. The van der Waals surface area contributed by atoms with Gasteiger partial charge in [0.2, 0.25) is 11.6 Å². The van der Waals surface area contributed by atoms with E-state index in [1.165, 1.54) is 25.1 Å². The quantitative estimate of drug-likeness (QED) is 0.151. The van der Waals surface area contributed by atoms with Gasteiger partial charge in [-0.15, -0.1) is 0 Å². The minimum atomic E-state index is -2.55. The van der Waals surface area contributed by atoms with Crippen LogP contribution in [0.1, 0.15) is 67.4 Å². The fraction of sp³-hybridized carbons (Fsp3) is 0.250. The number of benzene rings is 3. The predicted octanol–water partition coefficient (Wildman–Crippen LogP) is 1.05. The monoisotopic (exact) mass is 531 g/mol. The zero-order valence-electron chi connectivity index (χ0n) is 20.1. The molecule has 39 heavy (non-hydrogen) atoms. The molecule has 11 heteroatoms. The van der Waals surface area contributed by atoms with Crippen molar-refractivity contribution in [3.63, 3.8) is 0 Å². The molecule has 3 aromatic carbocycles. The Kier molecular flexibility index (Phi) is 4.21. The van der Waals surface area contributed by atoms with Gasteiger partial charge >= 0.3 is 0 Å². The first-order valence-corrected chi connectivity index (χ1v) is 12.2. The largest absolute Gasteiger partial charge is 0.508 e. The molecule has 0 aromatic heterocycles. The number of anilines is 1. The van der Waals surface area contributed by atoms with E-state index in [2.05, 4.69) is 5.32 Å². The van der Waals surface area contributed by atoms with Crippen LogP contribution in [0.25, 0.3) is 0 Å². The maximum atomic E-state index is 13.8. The van der Waals surface area contributed by atoms with Crippen molar-refractivity contribution < 1.29 is 50.1 Å². The van der Waals surface area contributed by atoms with Gasteiger partial charge in [0.25, 0.3) is 0 Å². The topological polar surface area (TPSA) is 205 Å². The molecule has 8 N–H and O–H groups in total. The number of carbonyl (C=O) groups excluding carboxylic acids is 3. The van der Waals surface area contributed by atoms with Gasteiger partial charge in [-0.05, 0) is 29.8 Å². The number of phenols is 4. The van der Waals surface area contributed by atoms with Crippen LogP contribution in [0.15, 0.2) is 36.4 Å². The number of phenolic OH excluding ortho intramolecular Hbond substituents is 4. The minimum absolute atomic E-state index is 0.00750. The summed E-state index contributed by atoms with van der Waals surface area (Å²) in [6, 6.07) is 6.02. The highest BCUT2D eigenvalue weighted by molar-refractivity contribution is 6.33. The number of Topliss-reactive ketones (excluding diaryl/α,β-unsaturated/α-hetero) is 1. The Bertz CT molecular complexity index is 1730. The average Bonchev–Trinajstić information content (AvgIpc) is 2.89. The first-order valence-electron chi connectivity index (χ1n) is 12.2. The molecule has 1 heterocycles. The molecule has 1 saturated carbocycles. The van der Waals surface area contributed by atoms with Crippen LogP contribution < -0.4 is 5.32 Å². The van der Waals surface area contributed by atoms with Gasteiger partial charge in [-0.25, -0.2) is 0 Å². The van der Waals surface area contributed by atoms with Crippen molar-refractivity contribution in [2.24, 2.45) is 5.92 Å². The third-order valence-corrected chi connectivity index (χ3v) is 9.01. The number of aliphatic hydroxyl groups is 3. The van der Waals surface area contributed by atoms with Crippen LogP contribution in [0.5, 0.6) is 23.0 Å². The maximum absolute atomic E-state index is 13.8. The molecule has 0 saturated heterocycles. The maximum Gasteiger partial charge on any atom is 0.202 e. The Balaban J connectivity index is 1.61. The number of fused-ring (bicyclic) bond motifs is 7. The van der Waals surface area contributed by atoms with Crippen molar-refractivity contribution in [2.45, 2.75) is 36.2 Å². The predicted molar refractivity (Wildman–Crippen MR) is 131 cm³/mol. The summed E-state index contributed by atoms with van der Waals surface area (Å²) in [5, 5.41) is 81.4. The first-order chi connectivity index (χ1) is 18.4. The summed E-state index contributed by atoms with van der Waals surface area (Å²) in [6.45, 7) is 1.34. The summed E-state index contributed by atoms with van der Waals surface area (Å²) >= 11 is 0. The Hall–Kier alpha value is -4.45. The van der Waals surface area contributed by atoms with E-state index in [1.54, 1.807) is 0 Å². The number of rotatable bonds is 0. The van der Waals surface area contributed by atoms with Crippen LogP contribution in [0.4, 0.5) is 5.69 Å². The van der Waals surface area contributed by atoms with E-state index in [0.717, 1.165) is 18.2 Å². The van der Waals surface area contributed by atoms with Gasteiger partial charge in [0.05, 0.1) is 45.8 Å². The van der Waals surface area contributed by atoms with E-state index in [0.29, 0.717) is 0 Å². The number of hydrogen-bond donors (Lipinski definition) is 8. The molecule has 0 radical (unpaired) electrons. The van der Waals surface area contributed by atoms with Crippen LogP contribution in [0.2, 0.25) is 0 Å². The minimum Gasteiger partial charge on any atom is -0.508 e. The Morgan fingerprint density at radius 2 is 1.38 bits per heavy atom. The molecule has 3 aliphatic carbocycles. The molecule has 11 nitrogen and oxygen atoms in total. The molecule has 4 bridgehead atoms. The molecule has 198 valence electrons. The molecule has 4 aliphatic rings. The number of nitrogens with one attached hydrogen (secondary N) is 1. The van der Waals surface area contributed by atoms with Crippen molar-refractivity contribution in [3.8, 4) is 23.0 Å². The number of aromatic hydroxyl groups is 4. The standard InChI is InChI=1S/C28H21NO10/c1-8-22(34)25(37)20-15-9(3-2-4-11(15)30)26-27(8,38)28(20,39)10-7-14(33)18-19(21(10)29-26)24(36)17-13(32)6-5-12(31)16(17)23(18)35/h2-8,20,25-26,29-33,37-39H,1H3. The number of hydrogen-bond acceptors (Lipinski definition) is 11. The summed E-state index contributed by atoms with van der Waals surface area (Å²) in [5.74, 6) is -7.97. The smallest absolute Gasteiger partial charge is 0.202 e. The summed E-state index contributed by atoms with van der Waals surface area (Å²) in [4.78, 5) is 40.4. The van der Waals surface area contributed by atoms with Gasteiger partial charge in [0, 0.05) is 11.1 Å². The molecule has 6 unspecified atom stereocenters. The van der Waals surface area contributed by atoms with Crippen LogP contribution in [0, 0.1) is 5.92 Å². The molecule has 0 spiro atoms. The van der Waals surface area contributed by atoms with Gasteiger partial charge in [-0.3, -0.25) is 14.4 Å². The summed E-state index contributed by atoms with van der Waals surface area (Å²) < 4.78 is 0. The van der Waals surface area contributed by atoms with Gasteiger partial charge < -0.3 is 41.1 Å². The number of carbonyl (C=O) groups is 3. The second-order valence-corrected chi connectivity index (χ2v) is 10.6. The zero-order valence-corrected chi connectivity index (χ0v) is 20.1. The lowest BCUT2D eigenvalue weighted by molar-refractivity contribution is -0.246. The van der Waals surface area contributed by atoms with Crippen molar-refractivity contribution in [1.82, 2.24) is 0 Å². The average molecular weight is 531 g/mol. The second kappa shape index (κ2) is 6.94. The molecular weight excluding hydrogens is 510 g/mol. The molecule has 1 fully saturated rings. The third-order valence-electron chi connectivity index (χ3n) is 9.01. The lowest BCUT2D eigenvalue weighted by Gasteiger charge is -2.64. The van der Waals surface area contributed by atoms with Crippen LogP contribution >= 0.6 is 0 Å². The molecule has 3 aromatic rings. The van der Waals surface area contributed by atoms with E-state index >= 15 is 0 Å². The summed E-state index contributed by atoms with van der Waals surface area (Å²) in [7, 11) is 0. The lowest BCUT2D eigenvalue weighted by Crippen LogP contribution is -2.75. The molecule has 0 amide bonds. The van der Waals surface area contributed by atoms with E-state index in [1.807, 2.05) is 0 Å². The van der Waals surface area contributed by atoms with Gasteiger partial charge in [0.1, 0.15) is 40.3 Å². The van der Waals surface area contributed by atoms with Crippen molar-refractivity contribution in [3.05, 3.63) is 75.3 Å². The SMILES string of the molecule is CC1C(=O)C(O)C2c3c(O)cccc3C3Nc4c(cc(O)c5c4C(=O)c4c(O)ccc(O)c4C5=O)C2(O)C13O. The van der Waals surface area contributed by atoms with Crippen molar-refractivity contribution in [1.29, 1.82) is 0 Å². The Labute approximate surface area is 219 Å². The summed E-state index contributed by atoms with van der Waals surface area (Å²) in [6.07, 6.45) is -1.89. The zero-order chi connectivity index (χ0) is 27.9. The highest BCUT2D eigenvalue weighted by Crippen LogP contribution is 2.68. The fourth-order valence-electron chi connectivity index (χ4n) is 7.26. The Morgan fingerprint density at radius 1 is 0.795 bits per heavy atom. The summed E-state index contributed by atoms with van der Waals surface area (Å²) in [5.41, 5.74) is -7.02. The fourth-order valence-corrected chi connectivity index (χ4v) is 7.26. The van der Waals surface area contributed by atoms with E-state index < -0.39 is 92.0 Å². The van der Waals surface area contributed by atoms with Gasteiger partial charge in [-0.1, -0.05) is 19.1 Å². The Morgan fingerprint density at radius 3 is 2.03 bits per heavy atom. The highest BCUT2D eigenvalue weighted by atomic mass is 16.4. The van der Waals surface area contributed by atoms with Crippen LogP contribution in [-0.2, 0) is 10.4 Å². The molecule has 6 atom stereocenters. The van der Waals surface area contributed by atoms with Gasteiger partial charge in [-0.2, -0.15) is 0 Å².